The number of fused-ring (bicyclic) bond motifs is 1. The number of thioether (sulfide) groups is 1. The molecule has 0 radical (unpaired) electrons. The number of hydrogen-bond donors (Lipinski definition) is 1. The SMILES string of the molecule is COc1ccccc1CN1C(=O)CN(C(=O)CSc2ccc(C(C)C)cc2)c2cc(C(=O)O)ccc21. The highest BCUT2D eigenvalue weighted by Gasteiger charge is 2.33. The second kappa shape index (κ2) is 10.9. The average Bonchev–Trinajstić information content (AvgIpc) is 2.88. The third kappa shape index (κ3) is 5.39. The summed E-state index contributed by atoms with van der Waals surface area (Å²) in [5.74, 6) is -0.426. The normalized spacial score (nSPS) is 13.1. The number of carbonyl (C=O) groups is 3. The van der Waals surface area contributed by atoms with Crippen LogP contribution in [0.5, 0.6) is 5.75 Å². The van der Waals surface area contributed by atoms with E-state index in [-0.39, 0.29) is 36.2 Å². The van der Waals surface area contributed by atoms with Gasteiger partial charge in [0.15, 0.2) is 0 Å². The second-order valence-corrected chi connectivity index (χ2v) is 9.84. The Hall–Kier alpha value is -3.78. The smallest absolute Gasteiger partial charge is 0.335 e. The Kier molecular flexibility index (Phi) is 7.64. The van der Waals surface area contributed by atoms with Crippen LogP contribution in [0.4, 0.5) is 11.4 Å². The summed E-state index contributed by atoms with van der Waals surface area (Å²) in [7, 11) is 1.57. The van der Waals surface area contributed by atoms with Crippen LogP contribution in [0.25, 0.3) is 0 Å². The summed E-state index contributed by atoms with van der Waals surface area (Å²) in [5, 5.41) is 9.54. The molecule has 1 aliphatic rings. The molecule has 0 unspecified atom stereocenters. The fourth-order valence-corrected chi connectivity index (χ4v) is 4.89. The number of nitrogens with zero attached hydrogens (tertiary/aromatic N) is 2. The number of ether oxygens (including phenoxy) is 1. The van der Waals surface area contributed by atoms with Gasteiger partial charge in [0.05, 0.1) is 36.3 Å². The molecule has 1 aliphatic heterocycles. The van der Waals surface area contributed by atoms with Crippen LogP contribution in [0.1, 0.15) is 41.3 Å². The molecule has 0 spiro atoms. The number of carboxylic acids is 1. The standard InChI is InChI=1S/C28H28N2O5S/c1-18(2)19-8-11-22(12-9-19)36-17-27(32)30-16-26(31)29(15-21-6-4-5-7-25(21)35-3)23-13-10-20(28(33)34)14-24(23)30/h4-14,18H,15-17H2,1-3H3,(H,33,34). The van der Waals surface area contributed by atoms with Gasteiger partial charge in [-0.3, -0.25) is 9.59 Å². The van der Waals surface area contributed by atoms with Gasteiger partial charge in [-0.25, -0.2) is 4.79 Å². The first-order valence-electron chi connectivity index (χ1n) is 11.6. The number of amides is 2. The first-order valence-corrected chi connectivity index (χ1v) is 12.6. The predicted molar refractivity (Wildman–Crippen MR) is 141 cm³/mol. The molecule has 0 saturated carbocycles. The van der Waals surface area contributed by atoms with Gasteiger partial charge in [0.1, 0.15) is 12.3 Å². The minimum atomic E-state index is -1.10. The zero-order valence-electron chi connectivity index (χ0n) is 20.4. The largest absolute Gasteiger partial charge is 0.496 e. The maximum atomic E-state index is 13.3. The van der Waals surface area contributed by atoms with E-state index in [1.165, 1.54) is 34.4 Å². The zero-order valence-corrected chi connectivity index (χ0v) is 21.2. The molecule has 1 heterocycles. The number of para-hydroxylation sites is 1. The van der Waals surface area contributed by atoms with Crippen LogP contribution in [0.2, 0.25) is 0 Å². The highest BCUT2D eigenvalue weighted by molar-refractivity contribution is 8.00. The number of carboxylic acid groups (broad SMARTS) is 1. The van der Waals surface area contributed by atoms with E-state index in [0.717, 1.165) is 10.5 Å². The molecule has 0 atom stereocenters. The predicted octanol–water partition coefficient (Wildman–Crippen LogP) is 5.19. The van der Waals surface area contributed by atoms with Crippen molar-refractivity contribution < 1.29 is 24.2 Å². The van der Waals surface area contributed by atoms with Gasteiger partial charge in [0.2, 0.25) is 11.8 Å². The van der Waals surface area contributed by atoms with Gasteiger partial charge in [0, 0.05) is 10.5 Å². The van der Waals surface area contributed by atoms with Crippen molar-refractivity contribution in [2.75, 3.05) is 29.2 Å². The number of anilines is 2. The van der Waals surface area contributed by atoms with E-state index < -0.39 is 5.97 Å². The van der Waals surface area contributed by atoms with E-state index in [1.54, 1.807) is 18.1 Å². The number of methoxy groups -OCH3 is 1. The van der Waals surface area contributed by atoms with Gasteiger partial charge in [-0.15, -0.1) is 11.8 Å². The first-order chi connectivity index (χ1) is 17.3. The van der Waals surface area contributed by atoms with E-state index in [0.29, 0.717) is 23.0 Å². The Morgan fingerprint density at radius 3 is 2.42 bits per heavy atom. The highest BCUT2D eigenvalue weighted by Crippen LogP contribution is 2.37. The molecular formula is C28H28N2O5S. The van der Waals surface area contributed by atoms with Crippen molar-refractivity contribution in [1.29, 1.82) is 0 Å². The summed E-state index contributed by atoms with van der Waals surface area (Å²) < 4.78 is 5.43. The summed E-state index contributed by atoms with van der Waals surface area (Å²) in [5.41, 5.74) is 2.97. The Balaban J connectivity index is 1.61. The molecule has 7 nitrogen and oxygen atoms in total. The number of aromatic carboxylic acids is 1. The number of rotatable bonds is 8. The van der Waals surface area contributed by atoms with Crippen molar-refractivity contribution in [3.63, 3.8) is 0 Å². The van der Waals surface area contributed by atoms with Crippen molar-refractivity contribution in [2.45, 2.75) is 31.2 Å². The van der Waals surface area contributed by atoms with Crippen molar-refractivity contribution in [3.8, 4) is 5.75 Å². The molecule has 186 valence electrons. The first kappa shape index (κ1) is 25.3. The van der Waals surface area contributed by atoms with Gasteiger partial charge in [-0.05, 0) is 47.9 Å². The highest BCUT2D eigenvalue weighted by atomic mass is 32.2. The molecule has 3 aromatic rings. The lowest BCUT2D eigenvalue weighted by atomic mass is 10.0. The fourth-order valence-electron chi connectivity index (χ4n) is 4.11. The summed E-state index contributed by atoms with van der Waals surface area (Å²) in [6, 6.07) is 20.0. The minimum absolute atomic E-state index is 0.0510. The molecule has 36 heavy (non-hydrogen) atoms. The summed E-state index contributed by atoms with van der Waals surface area (Å²) >= 11 is 1.39. The van der Waals surface area contributed by atoms with Crippen LogP contribution in [0.15, 0.2) is 71.6 Å². The maximum Gasteiger partial charge on any atom is 0.335 e. The number of benzene rings is 3. The fraction of sp³-hybridized carbons (Fsp3) is 0.250. The minimum Gasteiger partial charge on any atom is -0.496 e. The lowest BCUT2D eigenvalue weighted by Crippen LogP contribution is -2.48. The molecule has 0 fully saturated rings. The molecule has 0 saturated heterocycles. The maximum absolute atomic E-state index is 13.3. The monoisotopic (exact) mass is 504 g/mol. The van der Waals surface area contributed by atoms with Gasteiger partial charge in [0.25, 0.3) is 0 Å². The lowest BCUT2D eigenvalue weighted by Gasteiger charge is -2.36. The summed E-state index contributed by atoms with van der Waals surface area (Å²) in [6.45, 7) is 4.32. The third-order valence-corrected chi connectivity index (χ3v) is 7.13. The lowest BCUT2D eigenvalue weighted by molar-refractivity contribution is -0.121. The van der Waals surface area contributed by atoms with Crippen molar-refractivity contribution in [3.05, 3.63) is 83.4 Å². The van der Waals surface area contributed by atoms with E-state index in [9.17, 15) is 19.5 Å². The molecule has 8 heteroatoms. The summed E-state index contributed by atoms with van der Waals surface area (Å²) in [6.07, 6.45) is 0. The molecule has 0 bridgehead atoms. The number of carbonyl (C=O) groups excluding carboxylic acids is 2. The van der Waals surface area contributed by atoms with Gasteiger partial charge >= 0.3 is 5.97 Å². The van der Waals surface area contributed by atoms with Gasteiger partial charge in [-0.2, -0.15) is 0 Å². The Bertz CT molecular complexity index is 1290. The van der Waals surface area contributed by atoms with Crippen molar-refractivity contribution in [1.82, 2.24) is 0 Å². The van der Waals surface area contributed by atoms with E-state index in [2.05, 4.69) is 13.8 Å². The average molecular weight is 505 g/mol. The Labute approximate surface area is 214 Å². The summed E-state index contributed by atoms with van der Waals surface area (Å²) in [4.78, 5) is 42.1. The van der Waals surface area contributed by atoms with Crippen LogP contribution in [0.3, 0.4) is 0 Å². The molecular weight excluding hydrogens is 476 g/mol. The Morgan fingerprint density at radius 2 is 1.75 bits per heavy atom. The van der Waals surface area contributed by atoms with Crippen LogP contribution < -0.4 is 14.5 Å². The van der Waals surface area contributed by atoms with E-state index in [1.807, 2.05) is 48.5 Å². The molecule has 3 aromatic carbocycles. The van der Waals surface area contributed by atoms with Crippen LogP contribution >= 0.6 is 11.8 Å². The topological polar surface area (TPSA) is 87.2 Å². The second-order valence-electron chi connectivity index (χ2n) is 8.79. The molecule has 2 amide bonds. The van der Waals surface area contributed by atoms with Gasteiger partial charge < -0.3 is 19.6 Å². The molecule has 0 aliphatic carbocycles. The van der Waals surface area contributed by atoms with Crippen LogP contribution in [-0.4, -0.2) is 42.3 Å². The van der Waals surface area contributed by atoms with Gasteiger partial charge in [-0.1, -0.05) is 44.2 Å². The van der Waals surface area contributed by atoms with Crippen LogP contribution in [0, 0.1) is 0 Å². The Morgan fingerprint density at radius 1 is 1.03 bits per heavy atom. The van der Waals surface area contributed by atoms with Crippen molar-refractivity contribution in [2.24, 2.45) is 0 Å². The molecule has 0 aromatic heterocycles. The number of hydrogen-bond acceptors (Lipinski definition) is 5. The van der Waals surface area contributed by atoms with Crippen molar-refractivity contribution >= 4 is 40.9 Å². The van der Waals surface area contributed by atoms with Crippen LogP contribution in [-0.2, 0) is 16.1 Å². The quantitative estimate of drug-likeness (QED) is 0.425. The van der Waals surface area contributed by atoms with E-state index in [4.69, 9.17) is 4.74 Å². The molecule has 4 rings (SSSR count). The molecule has 1 N–H and O–H groups in total. The third-order valence-electron chi connectivity index (χ3n) is 6.13. The van der Waals surface area contributed by atoms with E-state index >= 15 is 0 Å². The zero-order chi connectivity index (χ0) is 25.8.